The number of fused-ring (bicyclic) bond motifs is 1. The smallest absolute Gasteiger partial charge is 0.167 e. The number of aromatic nitrogens is 4. The van der Waals surface area contributed by atoms with Crippen molar-refractivity contribution in [1.82, 2.24) is 19.5 Å². The number of hydrogen-bond donors (Lipinski definition) is 4. The zero-order valence-electron chi connectivity index (χ0n) is 14.7. The lowest BCUT2D eigenvalue weighted by Gasteiger charge is -2.16. The standard InChI is InChI=1S/C17H16F3N5O4/c18-8-1-2-9(19)11(20)7(8)3-21-15-12-16(23-5-22-15)25(6-24-12)17-14(28)13(27)10(4-26)29-17/h1-2,5-6,10,13-14,17,26-28H,3-4H2,(H,21,22,23)/t10-,13-,14-,17-/m1/s1. The summed E-state index contributed by atoms with van der Waals surface area (Å²) in [6, 6.07) is 1.52. The maximum absolute atomic E-state index is 13.8. The molecule has 0 bridgehead atoms. The summed E-state index contributed by atoms with van der Waals surface area (Å²) >= 11 is 0. The minimum Gasteiger partial charge on any atom is -0.394 e. The quantitative estimate of drug-likeness (QED) is 0.447. The molecule has 1 aromatic carbocycles. The van der Waals surface area contributed by atoms with Gasteiger partial charge in [0.15, 0.2) is 34.8 Å². The Kier molecular flexibility index (Phi) is 5.08. The first-order chi connectivity index (χ1) is 13.9. The van der Waals surface area contributed by atoms with Crippen molar-refractivity contribution in [3.63, 3.8) is 0 Å². The molecule has 4 N–H and O–H groups in total. The van der Waals surface area contributed by atoms with Gasteiger partial charge in [0.25, 0.3) is 0 Å². The molecule has 1 fully saturated rings. The second kappa shape index (κ2) is 7.55. The Bertz CT molecular complexity index is 1050. The van der Waals surface area contributed by atoms with E-state index in [1.165, 1.54) is 10.9 Å². The van der Waals surface area contributed by atoms with Gasteiger partial charge in [0.1, 0.15) is 30.5 Å². The second-order valence-corrected chi connectivity index (χ2v) is 6.45. The van der Waals surface area contributed by atoms with Gasteiger partial charge in [-0.25, -0.2) is 28.1 Å². The predicted octanol–water partition coefficient (Wildman–Crippen LogP) is 0.467. The van der Waals surface area contributed by atoms with E-state index in [9.17, 15) is 28.5 Å². The molecule has 0 unspecified atom stereocenters. The molecule has 29 heavy (non-hydrogen) atoms. The van der Waals surface area contributed by atoms with Crippen LogP contribution in [0, 0.1) is 17.5 Å². The topological polar surface area (TPSA) is 126 Å². The van der Waals surface area contributed by atoms with Crippen LogP contribution >= 0.6 is 0 Å². The fraction of sp³-hybridized carbons (Fsp3) is 0.353. The highest BCUT2D eigenvalue weighted by Crippen LogP contribution is 2.32. The minimum atomic E-state index is -1.34. The third-order valence-electron chi connectivity index (χ3n) is 4.72. The number of imidazole rings is 1. The van der Waals surface area contributed by atoms with E-state index in [1.807, 2.05) is 0 Å². The van der Waals surface area contributed by atoms with Gasteiger partial charge in [0.05, 0.1) is 12.9 Å². The Morgan fingerprint density at radius 3 is 2.55 bits per heavy atom. The fourth-order valence-electron chi connectivity index (χ4n) is 3.18. The van der Waals surface area contributed by atoms with Crippen LogP contribution in [0.15, 0.2) is 24.8 Å². The van der Waals surface area contributed by atoms with Crippen molar-refractivity contribution < 1.29 is 33.2 Å². The molecule has 0 spiro atoms. The highest BCUT2D eigenvalue weighted by Gasteiger charge is 2.44. The number of nitrogens with zero attached hydrogens (tertiary/aromatic N) is 4. The molecule has 154 valence electrons. The summed E-state index contributed by atoms with van der Waals surface area (Å²) in [6.07, 6.45) is -2.25. The molecule has 9 nitrogen and oxygen atoms in total. The van der Waals surface area contributed by atoms with Gasteiger partial charge < -0.3 is 25.4 Å². The van der Waals surface area contributed by atoms with Gasteiger partial charge in [-0.2, -0.15) is 0 Å². The molecule has 0 amide bonds. The Balaban J connectivity index is 1.63. The first-order valence-electron chi connectivity index (χ1n) is 8.58. The van der Waals surface area contributed by atoms with E-state index >= 15 is 0 Å². The predicted molar refractivity (Wildman–Crippen MR) is 92.0 cm³/mol. The Morgan fingerprint density at radius 2 is 1.83 bits per heavy atom. The van der Waals surface area contributed by atoms with Crippen LogP contribution in [0.3, 0.4) is 0 Å². The number of nitrogens with one attached hydrogen (secondary N) is 1. The van der Waals surface area contributed by atoms with Crippen LogP contribution in [0.2, 0.25) is 0 Å². The SMILES string of the molecule is OC[C@H]1O[C@@H](n2cnc3c(NCc4c(F)ccc(F)c4F)ncnc32)[C@H](O)[C@@H]1O. The molecule has 0 aliphatic carbocycles. The van der Waals surface area contributed by atoms with Crippen molar-refractivity contribution in [2.75, 3.05) is 11.9 Å². The van der Waals surface area contributed by atoms with E-state index in [2.05, 4.69) is 20.3 Å². The zero-order valence-corrected chi connectivity index (χ0v) is 14.7. The molecule has 1 aliphatic heterocycles. The molecule has 4 atom stereocenters. The Morgan fingerprint density at radius 1 is 1.07 bits per heavy atom. The van der Waals surface area contributed by atoms with Gasteiger partial charge in [-0.3, -0.25) is 4.57 Å². The number of hydrogen-bond acceptors (Lipinski definition) is 8. The lowest BCUT2D eigenvalue weighted by atomic mass is 10.1. The minimum absolute atomic E-state index is 0.114. The molecular weight excluding hydrogens is 395 g/mol. The summed E-state index contributed by atoms with van der Waals surface area (Å²) in [5, 5.41) is 32.0. The van der Waals surface area contributed by atoms with Crippen LogP contribution in [0.1, 0.15) is 11.8 Å². The molecule has 3 heterocycles. The van der Waals surface area contributed by atoms with Crippen LogP contribution in [0.5, 0.6) is 0 Å². The first kappa shape index (κ1) is 19.5. The second-order valence-electron chi connectivity index (χ2n) is 6.45. The van der Waals surface area contributed by atoms with Crippen LogP contribution in [-0.4, -0.2) is 59.8 Å². The van der Waals surface area contributed by atoms with Gasteiger partial charge in [-0.05, 0) is 12.1 Å². The van der Waals surface area contributed by atoms with E-state index < -0.39 is 60.7 Å². The van der Waals surface area contributed by atoms with E-state index in [0.29, 0.717) is 6.07 Å². The Labute approximate surface area is 161 Å². The van der Waals surface area contributed by atoms with Crippen molar-refractivity contribution >= 4 is 17.0 Å². The van der Waals surface area contributed by atoms with Crippen LogP contribution in [-0.2, 0) is 11.3 Å². The van der Waals surface area contributed by atoms with Crippen molar-refractivity contribution in [3.05, 3.63) is 47.8 Å². The average molecular weight is 411 g/mol. The summed E-state index contributed by atoms with van der Waals surface area (Å²) in [6.45, 7) is -0.893. The normalized spacial score (nSPS) is 24.3. The molecule has 0 saturated carbocycles. The van der Waals surface area contributed by atoms with Gasteiger partial charge in [-0.15, -0.1) is 0 Å². The van der Waals surface area contributed by atoms with Gasteiger partial charge in [0, 0.05) is 12.1 Å². The maximum Gasteiger partial charge on any atom is 0.167 e. The third-order valence-corrected chi connectivity index (χ3v) is 4.72. The first-order valence-corrected chi connectivity index (χ1v) is 8.58. The lowest BCUT2D eigenvalue weighted by Crippen LogP contribution is -2.33. The fourth-order valence-corrected chi connectivity index (χ4v) is 3.18. The number of aliphatic hydroxyl groups is 3. The highest BCUT2D eigenvalue weighted by atomic mass is 19.2. The average Bonchev–Trinajstić information content (AvgIpc) is 3.26. The number of rotatable bonds is 5. The molecule has 0 radical (unpaired) electrons. The highest BCUT2D eigenvalue weighted by molar-refractivity contribution is 5.82. The number of aliphatic hydroxyl groups excluding tert-OH is 3. The summed E-state index contributed by atoms with van der Waals surface area (Å²) < 4.78 is 47.8. The Hall–Kier alpha value is -2.80. The van der Waals surface area contributed by atoms with Gasteiger partial charge in [-0.1, -0.05) is 0 Å². The molecule has 1 saturated heterocycles. The molecular formula is C17H16F3N5O4. The van der Waals surface area contributed by atoms with E-state index in [4.69, 9.17) is 4.74 Å². The van der Waals surface area contributed by atoms with Crippen molar-refractivity contribution in [1.29, 1.82) is 0 Å². The third kappa shape index (κ3) is 3.29. The van der Waals surface area contributed by atoms with E-state index in [1.54, 1.807) is 0 Å². The molecule has 1 aliphatic rings. The summed E-state index contributed by atoms with van der Waals surface area (Å²) in [4.78, 5) is 12.2. The van der Waals surface area contributed by atoms with Crippen LogP contribution in [0.4, 0.5) is 19.0 Å². The maximum atomic E-state index is 13.8. The molecule has 12 heteroatoms. The van der Waals surface area contributed by atoms with E-state index in [-0.39, 0.29) is 17.0 Å². The monoisotopic (exact) mass is 411 g/mol. The summed E-state index contributed by atoms with van der Waals surface area (Å²) in [5.74, 6) is -3.29. The molecule has 4 rings (SSSR count). The van der Waals surface area contributed by atoms with Crippen molar-refractivity contribution in [2.24, 2.45) is 0 Å². The lowest BCUT2D eigenvalue weighted by molar-refractivity contribution is -0.0511. The summed E-state index contributed by atoms with van der Waals surface area (Å²) in [5.41, 5.74) is -0.0976. The van der Waals surface area contributed by atoms with Crippen LogP contribution < -0.4 is 5.32 Å². The van der Waals surface area contributed by atoms with Crippen molar-refractivity contribution in [2.45, 2.75) is 31.1 Å². The van der Waals surface area contributed by atoms with E-state index in [0.717, 1.165) is 12.4 Å². The van der Waals surface area contributed by atoms with Gasteiger partial charge >= 0.3 is 0 Å². The summed E-state index contributed by atoms with van der Waals surface area (Å²) in [7, 11) is 0. The van der Waals surface area contributed by atoms with Gasteiger partial charge in [0.2, 0.25) is 0 Å². The number of anilines is 1. The zero-order chi connectivity index (χ0) is 20.7. The van der Waals surface area contributed by atoms with Crippen molar-refractivity contribution in [3.8, 4) is 0 Å². The molecule has 2 aromatic heterocycles. The largest absolute Gasteiger partial charge is 0.394 e. The van der Waals surface area contributed by atoms with Crippen LogP contribution in [0.25, 0.3) is 11.2 Å². The number of benzene rings is 1. The molecule has 3 aromatic rings. The number of ether oxygens (including phenoxy) is 1. The number of halogens is 3.